The SMILES string of the molecule is Cc1ncsc1-c1ccc(CNC(=O)[C@@H]2C[C@@H](O)CN2C(=O)[C@H](C(C)C)N2Cc3ccccc3C2=O)c(OCCOCCOCCOCCOCCn2cc(-c3cc(-c4ccccc4O)nnc3N)cn2)c1. The molecule has 1 fully saturated rings. The maximum absolute atomic E-state index is 14.2. The van der Waals surface area contributed by atoms with Crippen molar-refractivity contribution in [3.05, 3.63) is 113 Å². The van der Waals surface area contributed by atoms with E-state index in [0.717, 1.165) is 32.8 Å². The molecule has 6 aromatic rings. The van der Waals surface area contributed by atoms with Crippen molar-refractivity contribution in [2.24, 2.45) is 5.92 Å². The number of fused-ring (bicyclic) bond motifs is 1. The van der Waals surface area contributed by atoms with Crippen LogP contribution in [0.5, 0.6) is 11.5 Å². The lowest BCUT2D eigenvalue weighted by molar-refractivity contribution is -0.143. The highest BCUT2D eigenvalue weighted by Gasteiger charge is 2.46. The van der Waals surface area contributed by atoms with Gasteiger partial charge in [-0.2, -0.15) is 5.10 Å². The number of rotatable bonds is 25. The van der Waals surface area contributed by atoms with Gasteiger partial charge in [0.2, 0.25) is 11.8 Å². The molecule has 0 aliphatic carbocycles. The van der Waals surface area contributed by atoms with Gasteiger partial charge < -0.3 is 54.7 Å². The molecule has 5 heterocycles. The molecule has 2 aliphatic rings. The Morgan fingerprint density at radius 1 is 0.861 bits per heavy atom. The Hall–Kier alpha value is -6.81. The number of phenols is 1. The van der Waals surface area contributed by atoms with E-state index in [4.69, 9.17) is 29.4 Å². The van der Waals surface area contributed by atoms with Crippen LogP contribution in [-0.4, -0.2) is 147 Å². The van der Waals surface area contributed by atoms with Gasteiger partial charge in [-0.1, -0.05) is 56.3 Å². The summed E-state index contributed by atoms with van der Waals surface area (Å²) in [4.78, 5) is 50.0. The average Bonchev–Trinajstić information content (AvgIpc) is 4.19. The van der Waals surface area contributed by atoms with E-state index in [1.165, 1.54) is 16.2 Å². The molecule has 380 valence electrons. The van der Waals surface area contributed by atoms with Gasteiger partial charge in [-0.05, 0) is 54.3 Å². The Balaban J connectivity index is 0.729. The topological polar surface area (TPSA) is 239 Å². The van der Waals surface area contributed by atoms with Crippen LogP contribution in [0, 0.1) is 12.8 Å². The predicted molar refractivity (Wildman–Crippen MR) is 269 cm³/mol. The van der Waals surface area contributed by atoms with Crippen molar-refractivity contribution < 1.29 is 48.3 Å². The Morgan fingerprint density at radius 2 is 1.56 bits per heavy atom. The van der Waals surface area contributed by atoms with Crippen molar-refractivity contribution in [1.29, 1.82) is 0 Å². The van der Waals surface area contributed by atoms with Crippen molar-refractivity contribution in [2.45, 2.75) is 65.0 Å². The molecule has 3 aromatic heterocycles. The van der Waals surface area contributed by atoms with E-state index in [2.05, 4.69) is 25.6 Å². The molecule has 72 heavy (non-hydrogen) atoms. The number of nitrogen functional groups attached to an aromatic ring is 1. The minimum Gasteiger partial charge on any atom is -0.507 e. The molecule has 20 heteroatoms. The number of nitrogens with two attached hydrogens (primary N) is 1. The predicted octanol–water partition coefficient (Wildman–Crippen LogP) is 5.13. The number of β-amino-alcohol motifs (C(OH)–C–C–N with tert-alkyl or cyclic N) is 1. The highest BCUT2D eigenvalue weighted by molar-refractivity contribution is 7.13. The quantitative estimate of drug-likeness (QED) is 0.0544. The third-order valence-corrected chi connectivity index (χ3v) is 13.5. The molecule has 2 aliphatic heterocycles. The van der Waals surface area contributed by atoms with Crippen molar-refractivity contribution in [1.82, 2.24) is 40.1 Å². The number of carbonyl (C=O) groups excluding carboxylic acids is 3. The number of aliphatic hydroxyl groups excluding tert-OH is 1. The van der Waals surface area contributed by atoms with Gasteiger partial charge in [0.05, 0.1) is 93.5 Å². The molecule has 8 rings (SSSR count). The van der Waals surface area contributed by atoms with Crippen LogP contribution in [0.4, 0.5) is 5.82 Å². The summed E-state index contributed by atoms with van der Waals surface area (Å²) >= 11 is 1.52. The summed E-state index contributed by atoms with van der Waals surface area (Å²) in [5.74, 6) is -0.280. The van der Waals surface area contributed by atoms with Crippen molar-refractivity contribution in [3.63, 3.8) is 0 Å². The van der Waals surface area contributed by atoms with Gasteiger partial charge in [0.1, 0.15) is 30.2 Å². The normalized spacial score (nSPS) is 15.9. The number of para-hydroxylation sites is 1. The van der Waals surface area contributed by atoms with Gasteiger partial charge in [-0.25, -0.2) is 4.98 Å². The summed E-state index contributed by atoms with van der Waals surface area (Å²) in [5, 5.41) is 36.6. The second-order valence-electron chi connectivity index (χ2n) is 17.8. The van der Waals surface area contributed by atoms with Crippen LogP contribution in [-0.2, 0) is 48.2 Å². The lowest BCUT2D eigenvalue weighted by atomic mass is 10.0. The monoisotopic (exact) mass is 1000 g/mol. The van der Waals surface area contributed by atoms with Crippen LogP contribution in [0.15, 0.2) is 90.7 Å². The Kier molecular flexibility index (Phi) is 17.6. The van der Waals surface area contributed by atoms with Gasteiger partial charge in [0.25, 0.3) is 5.91 Å². The van der Waals surface area contributed by atoms with E-state index in [9.17, 15) is 24.6 Å². The van der Waals surface area contributed by atoms with Gasteiger partial charge in [-0.3, -0.25) is 19.1 Å². The highest BCUT2D eigenvalue weighted by atomic mass is 32.1. The lowest BCUT2D eigenvalue weighted by Gasteiger charge is -2.35. The van der Waals surface area contributed by atoms with E-state index in [-0.39, 0.29) is 55.4 Å². The van der Waals surface area contributed by atoms with Crippen molar-refractivity contribution in [2.75, 3.05) is 71.7 Å². The Morgan fingerprint density at radius 3 is 2.25 bits per heavy atom. The molecule has 0 unspecified atom stereocenters. The van der Waals surface area contributed by atoms with Gasteiger partial charge in [0.15, 0.2) is 5.82 Å². The molecule has 1 saturated heterocycles. The van der Waals surface area contributed by atoms with E-state index < -0.39 is 24.1 Å². The number of hydrogen-bond donors (Lipinski definition) is 4. The summed E-state index contributed by atoms with van der Waals surface area (Å²) in [6, 6.07) is 20.1. The van der Waals surface area contributed by atoms with E-state index in [1.807, 2.05) is 63.4 Å². The molecule has 0 bridgehead atoms. The first-order valence-corrected chi connectivity index (χ1v) is 24.9. The van der Waals surface area contributed by atoms with Crippen LogP contribution in [0.1, 0.15) is 47.4 Å². The number of aliphatic hydroxyl groups is 1. The first kappa shape index (κ1) is 51.5. The Bertz CT molecular complexity index is 2800. The number of likely N-dealkylation sites (tertiary alicyclic amines) is 1. The van der Waals surface area contributed by atoms with Crippen LogP contribution < -0.4 is 15.8 Å². The molecule has 3 aromatic carbocycles. The summed E-state index contributed by atoms with van der Waals surface area (Å²) in [5.41, 5.74) is 14.4. The summed E-state index contributed by atoms with van der Waals surface area (Å²) in [7, 11) is 0. The number of phenolic OH excluding ortho intramolecular Hbond substituents is 1. The number of carbonyl (C=O) groups is 3. The summed E-state index contributed by atoms with van der Waals surface area (Å²) in [6.07, 6.45) is 2.76. The van der Waals surface area contributed by atoms with Crippen molar-refractivity contribution in [3.8, 4) is 44.3 Å². The number of nitrogens with zero attached hydrogens (tertiary/aromatic N) is 7. The average molecular weight is 1000 g/mol. The third-order valence-electron chi connectivity index (χ3n) is 12.5. The molecule has 3 atom stereocenters. The number of aromatic hydroxyl groups is 1. The largest absolute Gasteiger partial charge is 0.507 e. The lowest BCUT2D eigenvalue weighted by Crippen LogP contribution is -2.55. The first-order valence-electron chi connectivity index (χ1n) is 24.0. The summed E-state index contributed by atoms with van der Waals surface area (Å²) < 4.78 is 30.9. The van der Waals surface area contributed by atoms with Crippen LogP contribution in [0.2, 0.25) is 0 Å². The molecule has 0 saturated carbocycles. The maximum atomic E-state index is 14.2. The zero-order valence-corrected chi connectivity index (χ0v) is 41.5. The van der Waals surface area contributed by atoms with Crippen LogP contribution >= 0.6 is 11.3 Å². The fraction of sp³-hybridized carbons (Fsp3) is 0.404. The van der Waals surface area contributed by atoms with E-state index in [0.29, 0.717) is 94.1 Å². The first-order chi connectivity index (χ1) is 35.0. The molecule has 5 N–H and O–H groups in total. The highest BCUT2D eigenvalue weighted by Crippen LogP contribution is 2.35. The number of aryl methyl sites for hydroxylation is 1. The van der Waals surface area contributed by atoms with Gasteiger partial charge in [-0.15, -0.1) is 21.5 Å². The molecule has 0 spiro atoms. The molecule has 0 radical (unpaired) electrons. The minimum atomic E-state index is -0.915. The molecule has 3 amide bonds. The summed E-state index contributed by atoms with van der Waals surface area (Å²) in [6.45, 7) is 9.94. The van der Waals surface area contributed by atoms with Gasteiger partial charge in [0, 0.05) is 60.1 Å². The number of benzene rings is 3. The number of nitrogens with one attached hydrogen (secondary N) is 1. The van der Waals surface area contributed by atoms with Crippen molar-refractivity contribution >= 4 is 34.9 Å². The molecule has 19 nitrogen and oxygen atoms in total. The fourth-order valence-corrected chi connectivity index (χ4v) is 9.62. The second kappa shape index (κ2) is 24.5. The minimum absolute atomic E-state index is 0.00496. The molecular formula is C52H61N9O10S. The van der Waals surface area contributed by atoms with Gasteiger partial charge >= 0.3 is 0 Å². The molecular weight excluding hydrogens is 943 g/mol. The van der Waals surface area contributed by atoms with E-state index in [1.54, 1.807) is 57.7 Å². The van der Waals surface area contributed by atoms with Crippen LogP contribution in [0.25, 0.3) is 32.8 Å². The number of aromatic nitrogens is 5. The second-order valence-corrected chi connectivity index (χ2v) is 18.7. The Labute approximate surface area is 421 Å². The van der Waals surface area contributed by atoms with Crippen LogP contribution in [0.3, 0.4) is 0 Å². The standard InChI is InChI=1S/C52H61N9O10S/c1-33(2)47(61-30-37-8-4-5-9-40(37)51(61)65)52(66)60-31-39(62)25-44(60)50(64)54-27-36-13-12-35(48-34(3)55-32-72-48)24-46(36)71-23-22-70-21-20-69-19-18-68-17-16-67-15-14-59-29-38(28-56-59)42-26-43(57-58-49(42)53)41-10-6-7-11-45(41)63/h4-13,24,26,28-29,32-33,39,44,47,62-63H,14-23,25,27,30-31H2,1-3H3,(H2,53,58)(H,54,64)/t39-,44+,47+/m1/s1. The number of ether oxygens (including phenoxy) is 5. The third kappa shape index (κ3) is 12.6. The number of anilines is 1. The maximum Gasteiger partial charge on any atom is 0.255 e. The number of amides is 3. The number of hydrogen-bond acceptors (Lipinski definition) is 16. The smallest absolute Gasteiger partial charge is 0.255 e. The zero-order valence-electron chi connectivity index (χ0n) is 40.6. The van der Waals surface area contributed by atoms with E-state index >= 15 is 0 Å². The number of thiazole rings is 1. The zero-order chi connectivity index (χ0) is 50.6. The fourth-order valence-electron chi connectivity index (χ4n) is 8.82.